The largest absolute Gasteiger partial charge is 0.416 e. The van der Waals surface area contributed by atoms with Gasteiger partial charge in [0.25, 0.3) is 0 Å². The van der Waals surface area contributed by atoms with E-state index < -0.39 is 0 Å². The van der Waals surface area contributed by atoms with Crippen LogP contribution in [0.3, 0.4) is 0 Å². The summed E-state index contributed by atoms with van der Waals surface area (Å²) in [5.41, 5.74) is 3.42. The van der Waals surface area contributed by atoms with Crippen LogP contribution in [0.4, 0.5) is 5.69 Å². The Kier molecular flexibility index (Phi) is 6.47. The van der Waals surface area contributed by atoms with Crippen LogP contribution in [0.5, 0.6) is 0 Å². The fourth-order valence-electron chi connectivity index (χ4n) is 2.81. The smallest absolute Gasteiger partial charge is 0.248 e. The molecule has 0 aliphatic heterocycles. The summed E-state index contributed by atoms with van der Waals surface area (Å²) in [6, 6.07) is 24.6. The maximum atomic E-state index is 12.3. The van der Waals surface area contributed by atoms with E-state index in [2.05, 4.69) is 15.5 Å². The van der Waals surface area contributed by atoms with Crippen LogP contribution in [0.25, 0.3) is 22.9 Å². The molecule has 1 aromatic heterocycles. The van der Waals surface area contributed by atoms with Gasteiger partial charge in [0, 0.05) is 27.6 Å². The molecule has 30 heavy (non-hydrogen) atoms. The highest BCUT2D eigenvalue weighted by Gasteiger charge is 2.11. The zero-order valence-electron chi connectivity index (χ0n) is 15.9. The van der Waals surface area contributed by atoms with Crippen LogP contribution in [-0.4, -0.2) is 21.9 Å². The molecule has 0 saturated heterocycles. The van der Waals surface area contributed by atoms with Gasteiger partial charge in [-0.3, -0.25) is 4.79 Å². The number of aromatic nitrogens is 2. The third-order valence-electron chi connectivity index (χ3n) is 4.25. The van der Waals surface area contributed by atoms with Gasteiger partial charge in [0.2, 0.25) is 17.7 Å². The number of nitrogens with one attached hydrogen (secondary N) is 1. The lowest BCUT2D eigenvalue weighted by molar-refractivity contribution is -0.113. The summed E-state index contributed by atoms with van der Waals surface area (Å²) in [4.78, 5) is 12.3. The first-order valence-electron chi connectivity index (χ1n) is 9.29. The monoisotopic (exact) mass is 435 g/mol. The fraction of sp³-hybridized carbons (Fsp3) is 0.0870. The number of halogens is 1. The van der Waals surface area contributed by atoms with E-state index in [9.17, 15) is 4.79 Å². The molecular weight excluding hydrogens is 418 g/mol. The van der Waals surface area contributed by atoms with Crippen LogP contribution >= 0.6 is 23.4 Å². The average molecular weight is 436 g/mol. The van der Waals surface area contributed by atoms with Crippen LogP contribution in [0.15, 0.2) is 83.3 Å². The number of hydrogen-bond acceptors (Lipinski definition) is 5. The first-order chi connectivity index (χ1) is 14.7. The Balaban J connectivity index is 1.36. The number of carbonyl (C=O) groups is 1. The molecule has 0 fully saturated rings. The third-order valence-corrected chi connectivity index (χ3v) is 5.51. The van der Waals surface area contributed by atoms with Crippen molar-refractivity contribution >= 4 is 35.0 Å². The van der Waals surface area contributed by atoms with E-state index in [1.807, 2.05) is 78.9 Å². The highest BCUT2D eigenvalue weighted by atomic mass is 35.5. The zero-order chi connectivity index (χ0) is 20.8. The minimum Gasteiger partial charge on any atom is -0.416 e. The number of benzene rings is 3. The van der Waals surface area contributed by atoms with Gasteiger partial charge in [-0.1, -0.05) is 48.0 Å². The van der Waals surface area contributed by atoms with Crippen molar-refractivity contribution in [1.82, 2.24) is 10.2 Å². The van der Waals surface area contributed by atoms with Gasteiger partial charge in [0.1, 0.15) is 0 Å². The Morgan fingerprint density at radius 1 is 0.900 bits per heavy atom. The van der Waals surface area contributed by atoms with Gasteiger partial charge < -0.3 is 9.73 Å². The molecule has 0 atom stereocenters. The fourth-order valence-corrected chi connectivity index (χ4v) is 3.72. The second-order valence-corrected chi connectivity index (χ2v) is 7.95. The molecule has 5 nitrogen and oxygen atoms in total. The molecule has 4 aromatic rings. The van der Waals surface area contributed by atoms with E-state index in [0.29, 0.717) is 28.2 Å². The van der Waals surface area contributed by atoms with Crippen molar-refractivity contribution in [3.05, 3.63) is 89.4 Å². The van der Waals surface area contributed by atoms with Gasteiger partial charge in [-0.15, -0.1) is 22.0 Å². The predicted molar refractivity (Wildman–Crippen MR) is 121 cm³/mol. The highest BCUT2D eigenvalue weighted by Crippen LogP contribution is 2.25. The molecule has 0 aliphatic carbocycles. The van der Waals surface area contributed by atoms with Crippen LogP contribution in [0.1, 0.15) is 5.56 Å². The number of hydrogen-bond donors (Lipinski definition) is 1. The Hall–Kier alpha value is -3.09. The predicted octanol–water partition coefficient (Wildman–Crippen LogP) is 5.93. The Morgan fingerprint density at radius 2 is 1.60 bits per heavy atom. The summed E-state index contributed by atoms with van der Waals surface area (Å²) < 4.78 is 5.79. The van der Waals surface area contributed by atoms with Crippen LogP contribution in [0.2, 0.25) is 5.02 Å². The van der Waals surface area contributed by atoms with Crippen LogP contribution in [-0.2, 0) is 10.5 Å². The van der Waals surface area contributed by atoms with Crippen LogP contribution < -0.4 is 5.32 Å². The van der Waals surface area contributed by atoms with Crippen molar-refractivity contribution < 1.29 is 9.21 Å². The zero-order valence-corrected chi connectivity index (χ0v) is 17.5. The quantitative estimate of drug-likeness (QED) is 0.389. The first kappa shape index (κ1) is 20.2. The molecule has 4 rings (SSSR count). The molecule has 0 aliphatic rings. The molecule has 1 amide bonds. The Morgan fingerprint density at radius 3 is 2.37 bits per heavy atom. The molecule has 1 N–H and O–H groups in total. The van der Waals surface area contributed by atoms with Gasteiger partial charge >= 0.3 is 0 Å². The van der Waals surface area contributed by atoms with Gasteiger partial charge in [0.15, 0.2) is 0 Å². The molecule has 0 bridgehead atoms. The second kappa shape index (κ2) is 9.61. The second-order valence-electron chi connectivity index (χ2n) is 6.53. The van der Waals surface area contributed by atoms with Gasteiger partial charge in [0.05, 0.1) is 5.75 Å². The molecule has 150 valence electrons. The van der Waals surface area contributed by atoms with Crippen molar-refractivity contribution in [2.45, 2.75) is 5.75 Å². The third kappa shape index (κ3) is 5.28. The molecule has 7 heteroatoms. The lowest BCUT2D eigenvalue weighted by Crippen LogP contribution is -2.14. The summed E-state index contributed by atoms with van der Waals surface area (Å²) in [5.74, 6) is 1.89. The standard InChI is InChI=1S/C23H18ClN3O2S/c24-19-11-9-16(10-12-19)14-30-15-21(28)25-20-8-4-7-18(13-20)23-27-26-22(29-23)17-5-2-1-3-6-17/h1-13H,14-15H2,(H,25,28). The van der Waals surface area contributed by atoms with Crippen molar-refractivity contribution in [1.29, 1.82) is 0 Å². The van der Waals surface area contributed by atoms with Gasteiger partial charge in [-0.05, 0) is 48.0 Å². The summed E-state index contributed by atoms with van der Waals surface area (Å²) >= 11 is 7.44. The van der Waals surface area contributed by atoms with E-state index in [1.165, 1.54) is 0 Å². The highest BCUT2D eigenvalue weighted by molar-refractivity contribution is 7.99. The normalized spacial score (nSPS) is 10.7. The van der Waals surface area contributed by atoms with E-state index in [1.54, 1.807) is 11.8 Å². The van der Waals surface area contributed by atoms with Gasteiger partial charge in [-0.2, -0.15) is 0 Å². The van der Waals surface area contributed by atoms with Crippen molar-refractivity contribution in [2.24, 2.45) is 0 Å². The van der Waals surface area contributed by atoms with Crippen molar-refractivity contribution in [3.8, 4) is 22.9 Å². The maximum Gasteiger partial charge on any atom is 0.248 e. The maximum absolute atomic E-state index is 12.3. The SMILES string of the molecule is O=C(CSCc1ccc(Cl)cc1)Nc1cccc(-c2nnc(-c3ccccc3)o2)c1. The first-order valence-corrected chi connectivity index (χ1v) is 10.8. The molecule has 0 radical (unpaired) electrons. The summed E-state index contributed by atoms with van der Waals surface area (Å²) in [6.07, 6.45) is 0. The Bertz CT molecular complexity index is 1130. The van der Waals surface area contributed by atoms with Crippen LogP contribution in [0, 0.1) is 0 Å². The lowest BCUT2D eigenvalue weighted by atomic mass is 10.2. The number of thioether (sulfide) groups is 1. The average Bonchev–Trinajstić information content (AvgIpc) is 3.26. The molecule has 1 heterocycles. The number of amides is 1. The molecular formula is C23H18ClN3O2S. The number of carbonyl (C=O) groups excluding carboxylic acids is 1. The summed E-state index contributed by atoms with van der Waals surface area (Å²) in [6.45, 7) is 0. The molecule has 0 spiro atoms. The van der Waals surface area contributed by atoms with Crippen molar-refractivity contribution in [2.75, 3.05) is 11.1 Å². The molecule has 3 aromatic carbocycles. The lowest BCUT2D eigenvalue weighted by Gasteiger charge is -2.06. The topological polar surface area (TPSA) is 68.0 Å². The number of nitrogens with zero attached hydrogens (tertiary/aromatic N) is 2. The van der Waals surface area contributed by atoms with E-state index in [4.69, 9.17) is 16.0 Å². The minimum atomic E-state index is -0.0679. The molecule has 0 unspecified atom stereocenters. The summed E-state index contributed by atoms with van der Waals surface area (Å²) in [5, 5.41) is 11.9. The summed E-state index contributed by atoms with van der Waals surface area (Å²) in [7, 11) is 0. The van der Waals surface area contributed by atoms with E-state index in [0.717, 1.165) is 22.4 Å². The number of rotatable bonds is 7. The van der Waals surface area contributed by atoms with E-state index >= 15 is 0 Å². The Labute approximate surface area is 183 Å². The van der Waals surface area contributed by atoms with E-state index in [-0.39, 0.29) is 5.91 Å². The molecule has 0 saturated carbocycles. The van der Waals surface area contributed by atoms with Crippen molar-refractivity contribution in [3.63, 3.8) is 0 Å². The number of anilines is 1. The van der Waals surface area contributed by atoms with Gasteiger partial charge in [-0.25, -0.2) is 0 Å². The minimum absolute atomic E-state index is 0.0679.